The van der Waals surface area contributed by atoms with E-state index in [2.05, 4.69) is 26.1 Å². The van der Waals surface area contributed by atoms with Crippen molar-refractivity contribution < 1.29 is 18.0 Å². The topological polar surface area (TPSA) is 86.8 Å². The van der Waals surface area contributed by atoms with Gasteiger partial charge in [0.1, 0.15) is 12.6 Å². The van der Waals surface area contributed by atoms with Crippen LogP contribution in [0.1, 0.15) is 59.1 Å². The Morgan fingerprint density at radius 2 is 1.62 bits per heavy atom. The first kappa shape index (κ1) is 30.9. The second-order valence-corrected chi connectivity index (χ2v) is 13.2. The predicted molar refractivity (Wildman–Crippen MR) is 152 cm³/mol. The third kappa shape index (κ3) is 8.62. The number of anilines is 1. The van der Waals surface area contributed by atoms with Crippen molar-refractivity contribution in [2.75, 3.05) is 17.1 Å². The third-order valence-corrected chi connectivity index (χ3v) is 7.60. The molecule has 0 bridgehead atoms. The number of hydrogen-bond acceptors (Lipinski definition) is 4. The Morgan fingerprint density at radius 3 is 2.08 bits per heavy atom. The molecule has 204 valence electrons. The van der Waals surface area contributed by atoms with E-state index in [9.17, 15) is 18.0 Å². The summed E-state index contributed by atoms with van der Waals surface area (Å²) in [5.74, 6) is -0.849. The molecule has 0 unspecified atom stereocenters. The predicted octanol–water partition coefficient (Wildman–Crippen LogP) is 5.39. The number of carbonyl (C=O) groups is 2. The van der Waals surface area contributed by atoms with Gasteiger partial charge in [-0.05, 0) is 61.1 Å². The minimum Gasteiger partial charge on any atom is -0.352 e. The summed E-state index contributed by atoms with van der Waals surface area (Å²) in [7, 11) is -3.81. The number of carbonyl (C=O) groups excluding carboxylic acids is 2. The van der Waals surface area contributed by atoms with Crippen LogP contribution < -0.4 is 9.62 Å². The van der Waals surface area contributed by atoms with Crippen LogP contribution in [0.4, 0.5) is 5.69 Å². The van der Waals surface area contributed by atoms with Gasteiger partial charge in [0.05, 0.1) is 11.9 Å². The summed E-state index contributed by atoms with van der Waals surface area (Å²) in [6.07, 6.45) is 1.38. The van der Waals surface area contributed by atoms with Gasteiger partial charge in [-0.15, -0.1) is 0 Å². The van der Waals surface area contributed by atoms with E-state index in [0.29, 0.717) is 27.7 Å². The first-order valence-electron chi connectivity index (χ1n) is 12.2. The Labute approximate surface area is 231 Å². The lowest BCUT2D eigenvalue weighted by Crippen LogP contribution is -2.53. The molecule has 0 saturated carbocycles. The Balaban J connectivity index is 2.48. The molecule has 0 saturated heterocycles. The number of halogens is 2. The minimum absolute atomic E-state index is 0.0133. The van der Waals surface area contributed by atoms with Crippen molar-refractivity contribution in [2.24, 2.45) is 0 Å². The van der Waals surface area contributed by atoms with E-state index in [0.717, 1.165) is 16.1 Å². The molecule has 1 N–H and O–H groups in total. The van der Waals surface area contributed by atoms with Crippen molar-refractivity contribution in [1.29, 1.82) is 0 Å². The van der Waals surface area contributed by atoms with E-state index < -0.39 is 28.5 Å². The number of benzene rings is 2. The molecule has 0 aliphatic carbocycles. The molecule has 10 heteroatoms. The highest BCUT2D eigenvalue weighted by Crippen LogP contribution is 2.27. The van der Waals surface area contributed by atoms with E-state index in [1.807, 2.05) is 26.0 Å². The zero-order valence-corrected chi connectivity index (χ0v) is 24.8. The maximum absolute atomic E-state index is 13.7. The van der Waals surface area contributed by atoms with E-state index in [4.69, 9.17) is 23.2 Å². The first-order valence-corrected chi connectivity index (χ1v) is 14.8. The smallest absolute Gasteiger partial charge is 0.244 e. The normalized spacial score (nSPS) is 12.8. The summed E-state index contributed by atoms with van der Waals surface area (Å²) in [4.78, 5) is 28.2. The number of rotatable bonds is 10. The standard InChI is InChI=1S/C27H37Cl2N3O4S/c1-8-24(26(34)30-18(2)3)31(16-19-9-12-21(28)15-23(19)29)25(33)17-32(37(7,35)36)22-13-10-20(11-14-22)27(4,5)6/h9-15,18,24H,8,16-17H2,1-7H3,(H,30,34)/t24-/m0/s1. The Morgan fingerprint density at radius 1 is 1.03 bits per heavy atom. The van der Waals surface area contributed by atoms with Gasteiger partial charge in [0.25, 0.3) is 0 Å². The lowest BCUT2D eigenvalue weighted by Gasteiger charge is -2.33. The van der Waals surface area contributed by atoms with E-state index in [1.54, 1.807) is 37.3 Å². The number of hydrogen-bond donors (Lipinski definition) is 1. The molecular weight excluding hydrogens is 533 g/mol. The number of sulfonamides is 1. The Kier molecular flexibility index (Phi) is 10.5. The molecule has 0 heterocycles. The highest BCUT2D eigenvalue weighted by molar-refractivity contribution is 7.92. The Bertz CT molecular complexity index is 1210. The zero-order valence-electron chi connectivity index (χ0n) is 22.5. The lowest BCUT2D eigenvalue weighted by molar-refractivity contribution is -0.140. The fourth-order valence-electron chi connectivity index (χ4n) is 3.88. The van der Waals surface area contributed by atoms with Gasteiger partial charge in [0.2, 0.25) is 21.8 Å². The van der Waals surface area contributed by atoms with Gasteiger partial charge in [0.15, 0.2) is 0 Å². The zero-order chi connectivity index (χ0) is 28.1. The van der Waals surface area contributed by atoms with Crippen LogP contribution >= 0.6 is 23.2 Å². The molecular formula is C27H37Cl2N3O4S. The maximum atomic E-state index is 13.7. The molecule has 0 aliphatic rings. The quantitative estimate of drug-likeness (QED) is 0.415. The van der Waals surface area contributed by atoms with E-state index >= 15 is 0 Å². The van der Waals surface area contributed by atoms with Gasteiger partial charge in [-0.3, -0.25) is 13.9 Å². The largest absolute Gasteiger partial charge is 0.352 e. The molecule has 0 spiro atoms. The summed E-state index contributed by atoms with van der Waals surface area (Å²) in [6.45, 7) is 11.2. The second-order valence-electron chi connectivity index (χ2n) is 10.4. The summed E-state index contributed by atoms with van der Waals surface area (Å²) in [6, 6.07) is 11.0. The first-order chi connectivity index (χ1) is 17.0. The summed E-state index contributed by atoms with van der Waals surface area (Å²) in [5, 5.41) is 3.65. The molecule has 0 fully saturated rings. The number of amides is 2. The minimum atomic E-state index is -3.81. The van der Waals surface area contributed by atoms with Crippen molar-refractivity contribution in [1.82, 2.24) is 10.2 Å². The SMILES string of the molecule is CC[C@@H](C(=O)NC(C)C)N(Cc1ccc(Cl)cc1Cl)C(=O)CN(c1ccc(C(C)(C)C)cc1)S(C)(=O)=O. The van der Waals surface area contributed by atoms with Crippen molar-refractivity contribution in [2.45, 2.75) is 72.0 Å². The molecule has 2 rings (SSSR count). The third-order valence-electron chi connectivity index (χ3n) is 5.87. The summed E-state index contributed by atoms with van der Waals surface area (Å²) >= 11 is 12.4. The van der Waals surface area contributed by atoms with E-state index in [1.165, 1.54) is 4.90 Å². The average molecular weight is 571 g/mol. The van der Waals surface area contributed by atoms with Crippen LogP contribution in [0.5, 0.6) is 0 Å². The molecule has 0 aliphatic heterocycles. The molecule has 37 heavy (non-hydrogen) atoms. The van der Waals surface area contributed by atoms with Crippen LogP contribution in [0.15, 0.2) is 42.5 Å². The summed E-state index contributed by atoms with van der Waals surface area (Å²) < 4.78 is 26.6. The van der Waals surface area contributed by atoms with Gasteiger partial charge in [-0.25, -0.2) is 8.42 Å². The molecule has 1 atom stereocenters. The van der Waals surface area contributed by atoms with E-state index in [-0.39, 0.29) is 23.9 Å². The lowest BCUT2D eigenvalue weighted by atomic mass is 9.87. The van der Waals surface area contributed by atoms with Gasteiger partial charge < -0.3 is 10.2 Å². The monoisotopic (exact) mass is 569 g/mol. The number of nitrogens with zero attached hydrogens (tertiary/aromatic N) is 2. The molecule has 2 aromatic carbocycles. The van der Waals surface area contributed by atoms with Gasteiger partial charge >= 0.3 is 0 Å². The summed E-state index contributed by atoms with van der Waals surface area (Å²) in [5.41, 5.74) is 1.88. The Hall–Kier alpha value is -2.29. The second kappa shape index (κ2) is 12.5. The average Bonchev–Trinajstić information content (AvgIpc) is 2.76. The van der Waals surface area contributed by atoms with Crippen molar-refractivity contribution in [3.63, 3.8) is 0 Å². The van der Waals surface area contributed by atoms with Crippen LogP contribution in [0.3, 0.4) is 0 Å². The molecule has 2 amide bonds. The fourth-order valence-corrected chi connectivity index (χ4v) is 5.19. The molecule has 7 nitrogen and oxygen atoms in total. The van der Waals surface area contributed by atoms with Crippen LogP contribution in [0.2, 0.25) is 10.0 Å². The van der Waals surface area contributed by atoms with Crippen molar-refractivity contribution in [3.05, 3.63) is 63.6 Å². The van der Waals surface area contributed by atoms with Crippen molar-refractivity contribution in [3.8, 4) is 0 Å². The molecule has 0 aromatic heterocycles. The van der Waals surface area contributed by atoms with Crippen LogP contribution in [0.25, 0.3) is 0 Å². The fraction of sp³-hybridized carbons (Fsp3) is 0.481. The van der Waals surface area contributed by atoms with Gasteiger partial charge in [0, 0.05) is 22.6 Å². The van der Waals surface area contributed by atoms with Crippen molar-refractivity contribution >= 4 is 50.7 Å². The van der Waals surface area contributed by atoms with Gasteiger partial charge in [-0.2, -0.15) is 0 Å². The maximum Gasteiger partial charge on any atom is 0.244 e. The van der Waals surface area contributed by atoms with Crippen LogP contribution in [-0.4, -0.2) is 50.0 Å². The number of nitrogens with one attached hydrogen (secondary N) is 1. The van der Waals surface area contributed by atoms with Gasteiger partial charge in [-0.1, -0.05) is 69.1 Å². The molecule has 2 aromatic rings. The highest BCUT2D eigenvalue weighted by Gasteiger charge is 2.32. The van der Waals surface area contributed by atoms with Crippen LogP contribution in [0, 0.1) is 0 Å². The van der Waals surface area contributed by atoms with Crippen LogP contribution in [-0.2, 0) is 31.6 Å². The highest BCUT2D eigenvalue weighted by atomic mass is 35.5. The molecule has 0 radical (unpaired) electrons.